The molecule has 1 amide bonds. The molecule has 82 valence electrons. The molecule has 1 fully saturated rings. The Labute approximate surface area is 90.4 Å². The Hall–Kier alpha value is -0.280. The van der Waals surface area contributed by atoms with Crippen molar-refractivity contribution >= 4 is 17.5 Å². The molecule has 0 aromatic heterocycles. The molecule has 4 heteroatoms. The average Bonchev–Trinajstić information content (AvgIpc) is 2.19. The molecule has 1 heterocycles. The smallest absolute Gasteiger partial charge is 0.223 e. The zero-order chi connectivity index (χ0) is 10.4. The SMILES string of the molecule is CN(CC1CCCOC1)C(=O)CCCl. The van der Waals surface area contributed by atoms with Crippen LogP contribution in [0.1, 0.15) is 19.3 Å². The van der Waals surface area contributed by atoms with Crippen LogP contribution in [-0.4, -0.2) is 43.5 Å². The number of nitrogens with zero attached hydrogens (tertiary/aromatic N) is 1. The second kappa shape index (κ2) is 6.25. The van der Waals surface area contributed by atoms with Crippen LogP contribution in [0.25, 0.3) is 0 Å². The highest BCUT2D eigenvalue weighted by atomic mass is 35.5. The summed E-state index contributed by atoms with van der Waals surface area (Å²) < 4.78 is 5.36. The molecule has 0 saturated carbocycles. The van der Waals surface area contributed by atoms with Gasteiger partial charge in [-0.05, 0) is 18.8 Å². The van der Waals surface area contributed by atoms with E-state index in [-0.39, 0.29) is 5.91 Å². The van der Waals surface area contributed by atoms with Gasteiger partial charge in [-0.25, -0.2) is 0 Å². The summed E-state index contributed by atoms with van der Waals surface area (Å²) >= 11 is 5.51. The first-order valence-corrected chi connectivity index (χ1v) is 5.65. The summed E-state index contributed by atoms with van der Waals surface area (Å²) in [5, 5.41) is 0. The minimum absolute atomic E-state index is 0.130. The van der Waals surface area contributed by atoms with Gasteiger partial charge < -0.3 is 9.64 Å². The maximum atomic E-state index is 11.4. The van der Waals surface area contributed by atoms with Crippen molar-refractivity contribution in [2.24, 2.45) is 5.92 Å². The summed E-state index contributed by atoms with van der Waals surface area (Å²) in [6, 6.07) is 0. The first-order valence-electron chi connectivity index (χ1n) is 5.11. The number of alkyl halides is 1. The van der Waals surface area contributed by atoms with Gasteiger partial charge in [-0.15, -0.1) is 11.6 Å². The van der Waals surface area contributed by atoms with Gasteiger partial charge in [-0.3, -0.25) is 4.79 Å². The summed E-state index contributed by atoms with van der Waals surface area (Å²) in [6.45, 7) is 2.46. The van der Waals surface area contributed by atoms with Crippen molar-refractivity contribution in [3.8, 4) is 0 Å². The topological polar surface area (TPSA) is 29.5 Å². The number of carbonyl (C=O) groups is 1. The maximum Gasteiger partial charge on any atom is 0.223 e. The number of hydrogen-bond acceptors (Lipinski definition) is 2. The molecule has 1 rings (SSSR count). The van der Waals surface area contributed by atoms with Crippen molar-refractivity contribution in [1.82, 2.24) is 4.90 Å². The average molecular weight is 220 g/mol. The Kier molecular flexibility index (Phi) is 5.26. The molecule has 14 heavy (non-hydrogen) atoms. The summed E-state index contributed by atoms with van der Waals surface area (Å²) in [4.78, 5) is 13.2. The lowest BCUT2D eigenvalue weighted by Crippen LogP contribution is -2.35. The maximum absolute atomic E-state index is 11.4. The molecule has 0 bridgehead atoms. The van der Waals surface area contributed by atoms with Gasteiger partial charge in [-0.1, -0.05) is 0 Å². The Morgan fingerprint density at radius 3 is 3.00 bits per heavy atom. The minimum Gasteiger partial charge on any atom is -0.381 e. The zero-order valence-electron chi connectivity index (χ0n) is 8.67. The largest absolute Gasteiger partial charge is 0.381 e. The summed E-state index contributed by atoms with van der Waals surface area (Å²) in [7, 11) is 1.84. The van der Waals surface area contributed by atoms with Crippen LogP contribution in [0.4, 0.5) is 0 Å². The first-order chi connectivity index (χ1) is 6.74. The predicted molar refractivity (Wildman–Crippen MR) is 56.5 cm³/mol. The van der Waals surface area contributed by atoms with E-state index in [4.69, 9.17) is 16.3 Å². The molecular weight excluding hydrogens is 202 g/mol. The van der Waals surface area contributed by atoms with Gasteiger partial charge in [0.1, 0.15) is 0 Å². The van der Waals surface area contributed by atoms with Crippen LogP contribution < -0.4 is 0 Å². The Balaban J connectivity index is 2.24. The van der Waals surface area contributed by atoms with E-state index in [9.17, 15) is 4.79 Å². The van der Waals surface area contributed by atoms with Crippen molar-refractivity contribution < 1.29 is 9.53 Å². The van der Waals surface area contributed by atoms with Crippen LogP contribution in [0.15, 0.2) is 0 Å². The van der Waals surface area contributed by atoms with Crippen molar-refractivity contribution in [3.05, 3.63) is 0 Å². The van der Waals surface area contributed by atoms with E-state index < -0.39 is 0 Å². The fourth-order valence-corrected chi connectivity index (χ4v) is 1.87. The second-order valence-corrected chi connectivity index (χ2v) is 4.17. The molecule has 0 N–H and O–H groups in total. The Morgan fingerprint density at radius 1 is 1.64 bits per heavy atom. The van der Waals surface area contributed by atoms with E-state index in [2.05, 4.69) is 0 Å². The Bertz CT molecular complexity index is 181. The second-order valence-electron chi connectivity index (χ2n) is 3.80. The van der Waals surface area contributed by atoms with Gasteiger partial charge in [0.25, 0.3) is 0 Å². The number of rotatable bonds is 4. The molecule has 0 aliphatic carbocycles. The summed E-state index contributed by atoms with van der Waals surface area (Å²) in [6.07, 6.45) is 2.71. The van der Waals surface area contributed by atoms with Crippen molar-refractivity contribution in [2.75, 3.05) is 32.7 Å². The van der Waals surface area contributed by atoms with E-state index in [1.54, 1.807) is 4.90 Å². The van der Waals surface area contributed by atoms with Crippen LogP contribution in [-0.2, 0) is 9.53 Å². The van der Waals surface area contributed by atoms with Gasteiger partial charge in [0.05, 0.1) is 6.61 Å². The van der Waals surface area contributed by atoms with E-state index in [0.29, 0.717) is 18.2 Å². The minimum atomic E-state index is 0.130. The molecule has 0 radical (unpaired) electrons. The molecule has 0 spiro atoms. The molecule has 1 atom stereocenters. The third-order valence-electron chi connectivity index (χ3n) is 2.52. The molecule has 1 saturated heterocycles. The lowest BCUT2D eigenvalue weighted by atomic mass is 10.0. The number of amides is 1. The number of halogens is 1. The Morgan fingerprint density at radius 2 is 2.43 bits per heavy atom. The molecule has 3 nitrogen and oxygen atoms in total. The molecule has 1 unspecified atom stereocenters. The lowest BCUT2D eigenvalue weighted by molar-refractivity contribution is -0.130. The first kappa shape index (κ1) is 11.8. The zero-order valence-corrected chi connectivity index (χ0v) is 9.42. The van der Waals surface area contributed by atoms with Crippen LogP contribution in [0.2, 0.25) is 0 Å². The number of hydrogen-bond donors (Lipinski definition) is 0. The van der Waals surface area contributed by atoms with Crippen molar-refractivity contribution in [3.63, 3.8) is 0 Å². The lowest BCUT2D eigenvalue weighted by Gasteiger charge is -2.27. The number of carbonyl (C=O) groups excluding carboxylic acids is 1. The van der Waals surface area contributed by atoms with Crippen molar-refractivity contribution in [2.45, 2.75) is 19.3 Å². The molecule has 1 aliphatic heterocycles. The van der Waals surface area contributed by atoms with Gasteiger partial charge >= 0.3 is 0 Å². The molecule has 1 aliphatic rings. The van der Waals surface area contributed by atoms with Gasteiger partial charge in [-0.2, -0.15) is 0 Å². The fraction of sp³-hybridized carbons (Fsp3) is 0.900. The van der Waals surface area contributed by atoms with Crippen LogP contribution in [0, 0.1) is 5.92 Å². The van der Waals surface area contributed by atoms with Crippen LogP contribution in [0.5, 0.6) is 0 Å². The monoisotopic (exact) mass is 219 g/mol. The van der Waals surface area contributed by atoms with Gasteiger partial charge in [0, 0.05) is 32.5 Å². The highest BCUT2D eigenvalue weighted by Gasteiger charge is 2.18. The van der Waals surface area contributed by atoms with E-state index in [0.717, 1.165) is 26.2 Å². The van der Waals surface area contributed by atoms with E-state index in [1.807, 2.05) is 7.05 Å². The van der Waals surface area contributed by atoms with Gasteiger partial charge in [0.2, 0.25) is 5.91 Å². The third kappa shape index (κ3) is 3.84. The van der Waals surface area contributed by atoms with Gasteiger partial charge in [0.15, 0.2) is 0 Å². The molecule has 0 aromatic rings. The predicted octanol–water partition coefficient (Wildman–Crippen LogP) is 1.50. The standard InChI is InChI=1S/C10H18ClNO2/c1-12(10(13)4-5-11)7-9-3-2-6-14-8-9/h9H,2-8H2,1H3. The molecular formula is C10H18ClNO2. The van der Waals surface area contributed by atoms with E-state index in [1.165, 1.54) is 6.42 Å². The highest BCUT2D eigenvalue weighted by Crippen LogP contribution is 2.14. The fourth-order valence-electron chi connectivity index (χ4n) is 1.71. The molecule has 0 aromatic carbocycles. The summed E-state index contributed by atoms with van der Waals surface area (Å²) in [5.74, 6) is 1.04. The quantitative estimate of drug-likeness (QED) is 0.671. The summed E-state index contributed by atoms with van der Waals surface area (Å²) in [5.41, 5.74) is 0. The van der Waals surface area contributed by atoms with Crippen LogP contribution in [0.3, 0.4) is 0 Å². The third-order valence-corrected chi connectivity index (χ3v) is 2.71. The van der Waals surface area contributed by atoms with Crippen molar-refractivity contribution in [1.29, 1.82) is 0 Å². The number of ether oxygens (including phenoxy) is 1. The van der Waals surface area contributed by atoms with Crippen LogP contribution >= 0.6 is 11.6 Å². The van der Waals surface area contributed by atoms with E-state index >= 15 is 0 Å². The normalized spacial score (nSPS) is 22.0. The highest BCUT2D eigenvalue weighted by molar-refractivity contribution is 6.18.